The first-order valence-electron chi connectivity index (χ1n) is 10.7. The number of aryl methyl sites for hydroxylation is 1. The van der Waals surface area contributed by atoms with Crippen LogP contribution in [0.3, 0.4) is 0 Å². The molecule has 2 aromatic heterocycles. The lowest BCUT2D eigenvalue weighted by Crippen LogP contribution is -2.42. The zero-order valence-corrected chi connectivity index (χ0v) is 17.6. The Labute approximate surface area is 183 Å². The number of fused-ring (bicyclic) bond motifs is 2. The summed E-state index contributed by atoms with van der Waals surface area (Å²) in [5.74, 6) is -0.235. The van der Waals surface area contributed by atoms with Gasteiger partial charge in [0.1, 0.15) is 5.69 Å². The first-order valence-corrected chi connectivity index (χ1v) is 10.7. The fraction of sp³-hybridized carbons (Fsp3) is 0.435. The molecule has 3 aromatic rings. The van der Waals surface area contributed by atoms with Gasteiger partial charge in [0.15, 0.2) is 11.8 Å². The largest absolute Gasteiger partial charge is 0.433 e. The van der Waals surface area contributed by atoms with Gasteiger partial charge in [-0.3, -0.25) is 4.79 Å². The third kappa shape index (κ3) is 3.74. The van der Waals surface area contributed by atoms with Crippen molar-refractivity contribution in [1.29, 1.82) is 0 Å². The van der Waals surface area contributed by atoms with Crippen LogP contribution in [-0.2, 0) is 22.1 Å². The third-order valence-electron chi connectivity index (χ3n) is 6.30. The van der Waals surface area contributed by atoms with Crippen LogP contribution in [0.5, 0.6) is 0 Å². The Morgan fingerprint density at radius 2 is 1.91 bits per heavy atom. The molecule has 0 unspecified atom stereocenters. The van der Waals surface area contributed by atoms with Gasteiger partial charge in [0.2, 0.25) is 0 Å². The Hall–Kier alpha value is -2.94. The van der Waals surface area contributed by atoms with E-state index in [1.165, 1.54) is 0 Å². The minimum Gasteiger partial charge on any atom is -0.363 e. The Kier molecular flexibility index (Phi) is 5.16. The monoisotopic (exact) mass is 444 g/mol. The van der Waals surface area contributed by atoms with Crippen LogP contribution in [0.2, 0.25) is 0 Å². The van der Waals surface area contributed by atoms with E-state index in [9.17, 15) is 18.0 Å². The Bertz CT molecular complexity index is 1170. The van der Waals surface area contributed by atoms with Crippen LogP contribution < -0.4 is 0 Å². The highest BCUT2D eigenvalue weighted by atomic mass is 19.4. The summed E-state index contributed by atoms with van der Waals surface area (Å²) in [5.41, 5.74) is 2.28. The molecule has 32 heavy (non-hydrogen) atoms. The Morgan fingerprint density at radius 3 is 2.66 bits per heavy atom. The molecule has 4 heterocycles. The average molecular weight is 444 g/mol. The van der Waals surface area contributed by atoms with E-state index in [-0.39, 0.29) is 17.5 Å². The number of piperidine rings is 1. The molecule has 1 amide bonds. The summed E-state index contributed by atoms with van der Waals surface area (Å²) in [7, 11) is 0. The van der Waals surface area contributed by atoms with Crippen LogP contribution in [0.4, 0.5) is 13.2 Å². The van der Waals surface area contributed by atoms with Crippen LogP contribution in [0.15, 0.2) is 36.4 Å². The molecule has 0 radical (unpaired) electrons. The van der Waals surface area contributed by atoms with Gasteiger partial charge < -0.3 is 9.64 Å². The fourth-order valence-electron chi connectivity index (χ4n) is 4.68. The van der Waals surface area contributed by atoms with Crippen molar-refractivity contribution < 1.29 is 22.7 Å². The van der Waals surface area contributed by atoms with Crippen LogP contribution >= 0.6 is 0 Å². The minimum atomic E-state index is -4.53. The van der Waals surface area contributed by atoms with E-state index < -0.39 is 18.0 Å². The smallest absolute Gasteiger partial charge is 0.363 e. The number of aromatic nitrogens is 3. The number of halogens is 3. The molecule has 0 bridgehead atoms. The number of carbonyl (C=O) groups excluding carboxylic acids is 1. The van der Waals surface area contributed by atoms with E-state index in [1.54, 1.807) is 17.9 Å². The summed E-state index contributed by atoms with van der Waals surface area (Å²) in [4.78, 5) is 19.4. The van der Waals surface area contributed by atoms with Gasteiger partial charge in [-0.05, 0) is 43.4 Å². The topological polar surface area (TPSA) is 59.7 Å². The number of ether oxygens (including phenoxy) is 1. The summed E-state index contributed by atoms with van der Waals surface area (Å²) in [5, 5.41) is 3.94. The lowest BCUT2D eigenvalue weighted by atomic mass is 9.91. The third-order valence-corrected chi connectivity index (χ3v) is 6.30. The maximum Gasteiger partial charge on any atom is 0.433 e. The first-order chi connectivity index (χ1) is 15.3. The van der Waals surface area contributed by atoms with E-state index in [0.717, 1.165) is 28.1 Å². The van der Waals surface area contributed by atoms with Crippen LogP contribution in [-0.4, -0.2) is 45.1 Å². The SMILES string of the molecule is Cc1cc2nc(C3CCN(C(=O)[C@H]4OCCc5ccccc54)CC3)cc(C(F)(F)F)n2n1. The number of likely N-dealkylation sites (tertiary alicyclic amines) is 1. The van der Waals surface area contributed by atoms with Crippen LogP contribution in [0.1, 0.15) is 53.1 Å². The molecule has 0 aliphatic carbocycles. The molecule has 2 aliphatic rings. The van der Waals surface area contributed by atoms with E-state index >= 15 is 0 Å². The normalized spacial score (nSPS) is 19.9. The number of rotatable bonds is 2. The number of nitrogens with zero attached hydrogens (tertiary/aromatic N) is 4. The molecule has 5 rings (SSSR count). The van der Waals surface area contributed by atoms with Crippen molar-refractivity contribution in [3.8, 4) is 0 Å². The van der Waals surface area contributed by atoms with Crippen molar-refractivity contribution in [1.82, 2.24) is 19.5 Å². The molecule has 0 N–H and O–H groups in total. The lowest BCUT2D eigenvalue weighted by Gasteiger charge is -2.35. The molecule has 0 spiro atoms. The van der Waals surface area contributed by atoms with Gasteiger partial charge in [-0.25, -0.2) is 9.50 Å². The standard InChI is InChI=1S/C23H23F3N4O2/c1-14-12-20-27-18(13-19(23(24,25)26)30(20)28-14)16-6-9-29(10-7-16)22(31)21-17-5-3-2-4-15(17)8-11-32-21/h2-5,12-13,16,21H,6-11H2,1H3/t21-/m0/s1. The van der Waals surface area contributed by atoms with Crippen molar-refractivity contribution in [3.05, 3.63) is 64.6 Å². The van der Waals surface area contributed by atoms with E-state index in [1.807, 2.05) is 24.3 Å². The van der Waals surface area contributed by atoms with Gasteiger partial charge in [0.05, 0.1) is 12.3 Å². The second kappa shape index (κ2) is 7.88. The highest BCUT2D eigenvalue weighted by molar-refractivity contribution is 5.83. The molecule has 1 aromatic carbocycles. The quantitative estimate of drug-likeness (QED) is 0.598. The van der Waals surface area contributed by atoms with Gasteiger partial charge >= 0.3 is 6.18 Å². The molecule has 2 aliphatic heterocycles. The summed E-state index contributed by atoms with van der Waals surface area (Å²) in [6, 6.07) is 10.4. The van der Waals surface area contributed by atoms with Gasteiger partial charge in [0, 0.05) is 30.8 Å². The number of amides is 1. The molecular weight excluding hydrogens is 421 g/mol. The Balaban J connectivity index is 1.34. The molecule has 1 fully saturated rings. The predicted octanol–water partition coefficient (Wildman–Crippen LogP) is 4.08. The second-order valence-electron chi connectivity index (χ2n) is 8.42. The second-order valence-corrected chi connectivity index (χ2v) is 8.42. The van der Waals surface area contributed by atoms with Crippen molar-refractivity contribution in [2.45, 2.75) is 44.4 Å². The number of benzene rings is 1. The van der Waals surface area contributed by atoms with Gasteiger partial charge in [0.25, 0.3) is 5.91 Å². The number of carbonyl (C=O) groups is 1. The summed E-state index contributed by atoms with van der Waals surface area (Å²) < 4.78 is 47.5. The molecule has 0 saturated carbocycles. The number of hydrogen-bond acceptors (Lipinski definition) is 4. The highest BCUT2D eigenvalue weighted by Crippen LogP contribution is 2.35. The zero-order valence-electron chi connectivity index (χ0n) is 17.6. The maximum atomic E-state index is 13.6. The van der Waals surface area contributed by atoms with Crippen LogP contribution in [0, 0.1) is 6.92 Å². The van der Waals surface area contributed by atoms with Crippen molar-refractivity contribution in [2.24, 2.45) is 0 Å². The van der Waals surface area contributed by atoms with E-state index in [2.05, 4.69) is 10.1 Å². The van der Waals surface area contributed by atoms with Crippen LogP contribution in [0.25, 0.3) is 5.65 Å². The van der Waals surface area contributed by atoms with Gasteiger partial charge in [-0.15, -0.1) is 0 Å². The number of hydrogen-bond donors (Lipinski definition) is 0. The Morgan fingerprint density at radius 1 is 1.16 bits per heavy atom. The van der Waals surface area contributed by atoms with Gasteiger partial charge in [-0.2, -0.15) is 18.3 Å². The molecule has 6 nitrogen and oxygen atoms in total. The summed E-state index contributed by atoms with van der Waals surface area (Å²) in [6.07, 6.45) is -3.26. The summed E-state index contributed by atoms with van der Waals surface area (Å²) >= 11 is 0. The predicted molar refractivity (Wildman–Crippen MR) is 110 cm³/mol. The summed E-state index contributed by atoms with van der Waals surface area (Å²) in [6.45, 7) is 3.05. The highest BCUT2D eigenvalue weighted by Gasteiger charge is 2.37. The maximum absolute atomic E-state index is 13.6. The fourth-order valence-corrected chi connectivity index (χ4v) is 4.68. The number of alkyl halides is 3. The molecule has 1 saturated heterocycles. The first kappa shape index (κ1) is 20.9. The van der Waals surface area contributed by atoms with Crippen molar-refractivity contribution in [3.63, 3.8) is 0 Å². The average Bonchev–Trinajstić information content (AvgIpc) is 3.17. The van der Waals surface area contributed by atoms with E-state index in [0.29, 0.717) is 43.9 Å². The van der Waals surface area contributed by atoms with Gasteiger partial charge in [-0.1, -0.05) is 24.3 Å². The lowest BCUT2D eigenvalue weighted by molar-refractivity contribution is -0.146. The van der Waals surface area contributed by atoms with Crippen molar-refractivity contribution in [2.75, 3.05) is 19.7 Å². The minimum absolute atomic E-state index is 0.0820. The molecule has 1 atom stereocenters. The molecular formula is C23H23F3N4O2. The van der Waals surface area contributed by atoms with E-state index in [4.69, 9.17) is 4.74 Å². The molecule has 168 valence electrons. The molecule has 9 heteroatoms. The zero-order chi connectivity index (χ0) is 22.5. The van der Waals surface area contributed by atoms with Crippen molar-refractivity contribution >= 4 is 11.6 Å².